The molecule has 21 heavy (non-hydrogen) atoms. The third-order valence-corrected chi connectivity index (χ3v) is 4.29. The van der Waals surface area contributed by atoms with E-state index in [2.05, 4.69) is 9.97 Å². The largest absolute Gasteiger partial charge is 0.457 e. The molecule has 2 aromatic heterocycles. The first-order valence-electron chi connectivity index (χ1n) is 6.47. The third kappa shape index (κ3) is 2.69. The van der Waals surface area contributed by atoms with E-state index < -0.39 is 5.97 Å². The molecule has 7 heteroatoms. The Labute approximate surface area is 125 Å². The Hall–Kier alpha value is -2.15. The highest BCUT2D eigenvalue weighted by molar-refractivity contribution is 7.99. The lowest BCUT2D eigenvalue weighted by Crippen LogP contribution is -2.22. The topological polar surface area (TPSA) is 74.1 Å². The van der Waals surface area contributed by atoms with Gasteiger partial charge in [0.2, 0.25) is 0 Å². The summed E-state index contributed by atoms with van der Waals surface area (Å²) in [7, 11) is 0. The van der Waals surface area contributed by atoms with E-state index in [1.54, 1.807) is 23.9 Å². The summed E-state index contributed by atoms with van der Waals surface area (Å²) in [6.45, 7) is 2.61. The number of pyridine rings is 1. The van der Waals surface area contributed by atoms with Crippen molar-refractivity contribution < 1.29 is 9.53 Å². The van der Waals surface area contributed by atoms with Gasteiger partial charge in [0.05, 0.1) is 11.1 Å². The Kier molecular flexibility index (Phi) is 3.74. The van der Waals surface area contributed by atoms with Crippen molar-refractivity contribution in [3.63, 3.8) is 0 Å². The summed E-state index contributed by atoms with van der Waals surface area (Å²) in [6.07, 6.45) is 3.04. The van der Waals surface area contributed by atoms with Crippen molar-refractivity contribution in [2.75, 3.05) is 5.75 Å². The highest BCUT2D eigenvalue weighted by Crippen LogP contribution is 2.24. The Bertz CT molecular complexity index is 743. The van der Waals surface area contributed by atoms with Gasteiger partial charge in [-0.3, -0.25) is 9.78 Å². The van der Waals surface area contributed by atoms with Crippen LogP contribution in [0.4, 0.5) is 0 Å². The van der Waals surface area contributed by atoms with Crippen LogP contribution in [0.3, 0.4) is 0 Å². The Morgan fingerprint density at radius 3 is 2.95 bits per heavy atom. The molecule has 0 radical (unpaired) electrons. The molecule has 3 rings (SSSR count). The standard InChI is InChI=1S/C14H13N3O3S/c1-9-11(12(18)16-14-17(9)6-7-21-14)8-20-13(19)10-2-4-15-5-3-10/h2-5H,6-8H2,1H3. The van der Waals surface area contributed by atoms with Crippen LogP contribution in [0.2, 0.25) is 0 Å². The smallest absolute Gasteiger partial charge is 0.338 e. The molecular formula is C14H13N3O3S. The van der Waals surface area contributed by atoms with Crippen LogP contribution in [0.1, 0.15) is 21.6 Å². The van der Waals surface area contributed by atoms with E-state index in [0.29, 0.717) is 11.1 Å². The summed E-state index contributed by atoms with van der Waals surface area (Å²) in [4.78, 5) is 31.8. The van der Waals surface area contributed by atoms with Gasteiger partial charge in [0.25, 0.3) is 5.56 Å². The summed E-state index contributed by atoms with van der Waals surface area (Å²) < 4.78 is 7.20. The third-order valence-electron chi connectivity index (χ3n) is 3.34. The molecule has 0 fully saturated rings. The normalized spacial score (nSPS) is 13.0. The first-order valence-corrected chi connectivity index (χ1v) is 7.45. The van der Waals surface area contributed by atoms with Gasteiger partial charge < -0.3 is 9.30 Å². The highest BCUT2D eigenvalue weighted by Gasteiger charge is 2.19. The second-order valence-corrected chi connectivity index (χ2v) is 5.64. The lowest BCUT2D eigenvalue weighted by atomic mass is 10.2. The molecule has 2 aromatic rings. The van der Waals surface area contributed by atoms with E-state index >= 15 is 0 Å². The van der Waals surface area contributed by atoms with Crippen LogP contribution in [0.5, 0.6) is 0 Å². The van der Waals surface area contributed by atoms with E-state index in [4.69, 9.17) is 4.74 Å². The van der Waals surface area contributed by atoms with Crippen molar-refractivity contribution in [3.05, 3.63) is 51.7 Å². The molecule has 0 spiro atoms. The Morgan fingerprint density at radius 1 is 1.43 bits per heavy atom. The molecule has 0 atom stereocenters. The number of rotatable bonds is 3. The fourth-order valence-electron chi connectivity index (χ4n) is 2.15. The van der Waals surface area contributed by atoms with Gasteiger partial charge in [-0.2, -0.15) is 4.98 Å². The molecule has 0 N–H and O–H groups in total. The minimum Gasteiger partial charge on any atom is -0.457 e. The maximum Gasteiger partial charge on any atom is 0.338 e. The second kappa shape index (κ2) is 5.69. The number of fused-ring (bicyclic) bond motifs is 1. The molecule has 1 aliphatic heterocycles. The quantitative estimate of drug-likeness (QED) is 0.630. The van der Waals surface area contributed by atoms with Crippen LogP contribution in [-0.2, 0) is 17.9 Å². The van der Waals surface area contributed by atoms with E-state index in [1.807, 2.05) is 11.5 Å². The maximum atomic E-state index is 12.0. The molecule has 0 bridgehead atoms. The van der Waals surface area contributed by atoms with Crippen LogP contribution in [0, 0.1) is 6.92 Å². The van der Waals surface area contributed by atoms with Crippen molar-refractivity contribution >= 4 is 17.7 Å². The minimum absolute atomic E-state index is 0.0657. The average Bonchev–Trinajstić information content (AvgIpc) is 2.96. The van der Waals surface area contributed by atoms with Crippen molar-refractivity contribution in [2.45, 2.75) is 25.2 Å². The zero-order valence-electron chi connectivity index (χ0n) is 11.4. The molecule has 0 saturated heterocycles. The first-order chi connectivity index (χ1) is 10.2. The molecule has 0 aliphatic carbocycles. The number of nitrogens with zero attached hydrogens (tertiary/aromatic N) is 3. The molecule has 3 heterocycles. The number of aromatic nitrogens is 3. The molecule has 1 aliphatic rings. The molecule has 0 amide bonds. The Morgan fingerprint density at radius 2 is 2.19 bits per heavy atom. The van der Waals surface area contributed by atoms with Crippen LogP contribution in [-0.4, -0.2) is 26.3 Å². The monoisotopic (exact) mass is 303 g/mol. The summed E-state index contributed by atoms with van der Waals surface area (Å²) in [5, 5.41) is 0.738. The first kappa shape index (κ1) is 13.8. The predicted molar refractivity (Wildman–Crippen MR) is 77.3 cm³/mol. The van der Waals surface area contributed by atoms with Gasteiger partial charge in [0.15, 0.2) is 5.16 Å². The van der Waals surface area contributed by atoms with Gasteiger partial charge in [-0.05, 0) is 19.1 Å². The molecular weight excluding hydrogens is 290 g/mol. The number of ether oxygens (including phenoxy) is 1. The lowest BCUT2D eigenvalue weighted by molar-refractivity contribution is 0.0469. The van der Waals surface area contributed by atoms with Gasteiger partial charge in [0, 0.05) is 30.4 Å². The van der Waals surface area contributed by atoms with E-state index in [-0.39, 0.29) is 12.2 Å². The zero-order valence-corrected chi connectivity index (χ0v) is 12.2. The van der Waals surface area contributed by atoms with Gasteiger partial charge in [-0.1, -0.05) is 11.8 Å². The van der Waals surface area contributed by atoms with E-state index in [1.165, 1.54) is 12.4 Å². The zero-order chi connectivity index (χ0) is 14.8. The SMILES string of the molecule is Cc1c(COC(=O)c2ccncc2)c(=O)nc2n1CCS2. The second-order valence-electron chi connectivity index (χ2n) is 4.58. The molecule has 0 unspecified atom stereocenters. The van der Waals surface area contributed by atoms with Crippen LogP contribution < -0.4 is 5.56 Å². The fourth-order valence-corrected chi connectivity index (χ4v) is 3.14. The number of thioether (sulfide) groups is 1. The Balaban J connectivity index is 1.80. The van der Waals surface area contributed by atoms with Crippen molar-refractivity contribution in [2.24, 2.45) is 0 Å². The fraction of sp³-hybridized carbons (Fsp3) is 0.286. The van der Waals surface area contributed by atoms with E-state index in [0.717, 1.165) is 23.1 Å². The summed E-state index contributed by atoms with van der Waals surface area (Å²) in [6, 6.07) is 3.14. The predicted octanol–water partition coefficient (Wildman–Crippen LogP) is 1.41. The number of carbonyl (C=O) groups is 1. The lowest BCUT2D eigenvalue weighted by Gasteiger charge is -2.11. The van der Waals surface area contributed by atoms with Gasteiger partial charge in [-0.15, -0.1) is 0 Å². The molecule has 6 nitrogen and oxygen atoms in total. The summed E-state index contributed by atoms with van der Waals surface area (Å²) >= 11 is 1.56. The van der Waals surface area contributed by atoms with Crippen LogP contribution >= 0.6 is 11.8 Å². The van der Waals surface area contributed by atoms with Gasteiger partial charge in [0.1, 0.15) is 6.61 Å². The van der Waals surface area contributed by atoms with Crippen molar-refractivity contribution in [3.8, 4) is 0 Å². The minimum atomic E-state index is -0.476. The molecule has 0 aromatic carbocycles. The molecule has 0 saturated carbocycles. The maximum absolute atomic E-state index is 12.0. The van der Waals surface area contributed by atoms with E-state index in [9.17, 15) is 9.59 Å². The number of hydrogen-bond donors (Lipinski definition) is 0. The highest BCUT2D eigenvalue weighted by atomic mass is 32.2. The number of carbonyl (C=O) groups excluding carboxylic acids is 1. The van der Waals surface area contributed by atoms with Crippen LogP contribution in [0.25, 0.3) is 0 Å². The number of hydrogen-bond acceptors (Lipinski definition) is 6. The average molecular weight is 303 g/mol. The molecule has 108 valence electrons. The van der Waals surface area contributed by atoms with Crippen LogP contribution in [0.15, 0.2) is 34.5 Å². The number of esters is 1. The van der Waals surface area contributed by atoms with Crippen molar-refractivity contribution in [1.82, 2.24) is 14.5 Å². The van der Waals surface area contributed by atoms with Gasteiger partial charge in [-0.25, -0.2) is 4.79 Å². The van der Waals surface area contributed by atoms with Crippen molar-refractivity contribution in [1.29, 1.82) is 0 Å². The van der Waals surface area contributed by atoms with Gasteiger partial charge >= 0.3 is 5.97 Å². The summed E-state index contributed by atoms with van der Waals surface area (Å²) in [5.41, 5.74) is 1.34. The summed E-state index contributed by atoms with van der Waals surface area (Å²) in [5.74, 6) is 0.434.